The topological polar surface area (TPSA) is 26.0 Å². The summed E-state index contributed by atoms with van der Waals surface area (Å²) in [6.07, 6.45) is 4.30. The Morgan fingerprint density at radius 1 is 0.900 bits per heavy atom. The number of nitrogens with two attached hydrogens (primary N) is 1. The molecule has 0 heterocycles. The van der Waals surface area contributed by atoms with Gasteiger partial charge in [0.2, 0.25) is 0 Å². The van der Waals surface area contributed by atoms with Gasteiger partial charge < -0.3 is 5.73 Å². The van der Waals surface area contributed by atoms with Gasteiger partial charge in [0.05, 0.1) is 0 Å². The van der Waals surface area contributed by atoms with E-state index in [1.165, 1.54) is 22.3 Å². The highest BCUT2D eigenvalue weighted by atomic mass is 14.6. The Bertz CT molecular complexity index is 592. The molecule has 0 spiro atoms. The fourth-order valence-corrected chi connectivity index (χ4v) is 2.16. The van der Waals surface area contributed by atoms with Crippen molar-refractivity contribution in [1.29, 1.82) is 0 Å². The van der Waals surface area contributed by atoms with Gasteiger partial charge in [-0.1, -0.05) is 72.8 Å². The number of hydrogen-bond acceptors (Lipinski definition) is 1. The van der Waals surface area contributed by atoms with Gasteiger partial charge in [-0.2, -0.15) is 0 Å². The molecule has 0 aliphatic carbocycles. The van der Waals surface area contributed by atoms with Crippen LogP contribution in [0.1, 0.15) is 25.0 Å². The third-order valence-corrected chi connectivity index (χ3v) is 3.15. The van der Waals surface area contributed by atoms with Crippen LogP contribution >= 0.6 is 0 Å². The molecule has 0 radical (unpaired) electrons. The first-order chi connectivity index (χ1) is 9.66. The van der Waals surface area contributed by atoms with Crippen molar-refractivity contribution in [2.75, 3.05) is 0 Å². The maximum atomic E-state index is 5.94. The molecule has 2 aromatic rings. The summed E-state index contributed by atoms with van der Waals surface area (Å²) in [4.78, 5) is 0. The first-order valence-corrected chi connectivity index (χ1v) is 6.93. The van der Waals surface area contributed by atoms with Gasteiger partial charge in [-0.3, -0.25) is 0 Å². The summed E-state index contributed by atoms with van der Waals surface area (Å²) in [6, 6.07) is 20.8. The predicted molar refractivity (Wildman–Crippen MR) is 88.2 cm³/mol. The molecular weight excluding hydrogens is 242 g/mol. The van der Waals surface area contributed by atoms with E-state index in [4.69, 9.17) is 5.73 Å². The molecule has 0 aliphatic rings. The zero-order chi connectivity index (χ0) is 14.4. The summed E-state index contributed by atoms with van der Waals surface area (Å²) < 4.78 is 0. The molecule has 102 valence electrons. The molecule has 0 aromatic heterocycles. The Labute approximate surface area is 121 Å². The van der Waals surface area contributed by atoms with Crippen molar-refractivity contribution in [3.63, 3.8) is 0 Å². The third-order valence-electron chi connectivity index (χ3n) is 3.15. The second-order valence-electron chi connectivity index (χ2n) is 5.04. The molecule has 1 atom stereocenters. The SMILES string of the molecule is C/C(=C\C(=C/C(C)N)c1ccccc1)c1ccccc1. The van der Waals surface area contributed by atoms with Gasteiger partial charge in [0.15, 0.2) is 0 Å². The standard InChI is InChI=1S/C19H21N/c1-15(17-9-5-3-6-10-17)13-19(14-16(2)20)18-11-7-4-8-12-18/h3-14,16H,20H2,1-2H3/b15-13+,19-14+. The summed E-state index contributed by atoms with van der Waals surface area (Å²) in [5.74, 6) is 0. The Hall–Kier alpha value is -2.12. The Morgan fingerprint density at radius 3 is 1.90 bits per heavy atom. The molecule has 0 amide bonds. The lowest BCUT2D eigenvalue weighted by molar-refractivity contribution is 0.928. The summed E-state index contributed by atoms with van der Waals surface area (Å²) in [6.45, 7) is 4.13. The molecule has 2 N–H and O–H groups in total. The zero-order valence-electron chi connectivity index (χ0n) is 12.1. The van der Waals surface area contributed by atoms with E-state index in [0.717, 1.165) is 0 Å². The average molecular weight is 263 g/mol. The average Bonchev–Trinajstić information content (AvgIpc) is 2.48. The van der Waals surface area contributed by atoms with Crippen molar-refractivity contribution >= 4 is 11.1 Å². The minimum Gasteiger partial charge on any atom is -0.325 e. The van der Waals surface area contributed by atoms with Crippen LogP contribution in [0.25, 0.3) is 11.1 Å². The van der Waals surface area contributed by atoms with Crippen LogP contribution in [-0.4, -0.2) is 6.04 Å². The highest BCUT2D eigenvalue weighted by Crippen LogP contribution is 2.22. The second kappa shape index (κ2) is 6.88. The summed E-state index contributed by atoms with van der Waals surface area (Å²) in [7, 11) is 0. The molecule has 2 aromatic carbocycles. The van der Waals surface area contributed by atoms with Crippen molar-refractivity contribution < 1.29 is 0 Å². The number of benzene rings is 2. The van der Waals surface area contributed by atoms with Crippen LogP contribution in [0.2, 0.25) is 0 Å². The lowest BCUT2D eigenvalue weighted by Crippen LogP contribution is -2.11. The van der Waals surface area contributed by atoms with Crippen LogP contribution in [0.3, 0.4) is 0 Å². The van der Waals surface area contributed by atoms with Crippen LogP contribution in [0, 0.1) is 0 Å². The first kappa shape index (κ1) is 14.3. The summed E-state index contributed by atoms with van der Waals surface area (Å²) in [5, 5.41) is 0. The van der Waals surface area contributed by atoms with Crippen molar-refractivity contribution in [2.45, 2.75) is 19.9 Å². The maximum absolute atomic E-state index is 5.94. The number of hydrogen-bond donors (Lipinski definition) is 1. The molecule has 0 saturated carbocycles. The maximum Gasteiger partial charge on any atom is 0.0203 e. The highest BCUT2D eigenvalue weighted by molar-refractivity contribution is 5.83. The van der Waals surface area contributed by atoms with Gasteiger partial charge in [-0.05, 0) is 36.1 Å². The highest BCUT2D eigenvalue weighted by Gasteiger charge is 2.02. The molecule has 0 fully saturated rings. The fourth-order valence-electron chi connectivity index (χ4n) is 2.16. The van der Waals surface area contributed by atoms with E-state index in [1.54, 1.807) is 0 Å². The molecule has 1 nitrogen and oxygen atoms in total. The van der Waals surface area contributed by atoms with Gasteiger partial charge in [-0.25, -0.2) is 0 Å². The molecule has 1 heteroatoms. The zero-order valence-corrected chi connectivity index (χ0v) is 12.1. The molecule has 0 saturated heterocycles. The van der Waals surface area contributed by atoms with Crippen LogP contribution in [0.4, 0.5) is 0 Å². The predicted octanol–water partition coefficient (Wildman–Crippen LogP) is 4.52. The first-order valence-electron chi connectivity index (χ1n) is 6.93. The van der Waals surface area contributed by atoms with Crippen LogP contribution in [0.5, 0.6) is 0 Å². The van der Waals surface area contributed by atoms with E-state index in [0.29, 0.717) is 0 Å². The minimum absolute atomic E-state index is 0.0324. The Balaban J connectivity index is 2.39. The van der Waals surface area contributed by atoms with E-state index < -0.39 is 0 Å². The fraction of sp³-hybridized carbons (Fsp3) is 0.158. The van der Waals surface area contributed by atoms with Crippen molar-refractivity contribution in [3.05, 3.63) is 83.9 Å². The van der Waals surface area contributed by atoms with Crippen LogP contribution in [-0.2, 0) is 0 Å². The Morgan fingerprint density at radius 2 is 1.40 bits per heavy atom. The molecular formula is C19H21N. The van der Waals surface area contributed by atoms with Crippen molar-refractivity contribution in [2.24, 2.45) is 5.73 Å². The quantitative estimate of drug-likeness (QED) is 0.806. The van der Waals surface area contributed by atoms with Crippen molar-refractivity contribution in [1.82, 2.24) is 0 Å². The second-order valence-corrected chi connectivity index (χ2v) is 5.04. The van der Waals surface area contributed by atoms with Crippen molar-refractivity contribution in [3.8, 4) is 0 Å². The van der Waals surface area contributed by atoms with Crippen LogP contribution < -0.4 is 5.73 Å². The third kappa shape index (κ3) is 3.94. The van der Waals surface area contributed by atoms with E-state index in [1.807, 2.05) is 19.1 Å². The summed E-state index contributed by atoms with van der Waals surface area (Å²) in [5.41, 5.74) is 10.8. The van der Waals surface area contributed by atoms with Gasteiger partial charge in [0.25, 0.3) is 0 Å². The molecule has 2 rings (SSSR count). The summed E-state index contributed by atoms with van der Waals surface area (Å²) >= 11 is 0. The normalized spacial score (nSPS) is 14.2. The minimum atomic E-state index is 0.0324. The van der Waals surface area contributed by atoms with Gasteiger partial charge >= 0.3 is 0 Å². The number of allylic oxidation sites excluding steroid dienone is 3. The van der Waals surface area contributed by atoms with Gasteiger partial charge in [0, 0.05) is 6.04 Å². The molecule has 20 heavy (non-hydrogen) atoms. The monoisotopic (exact) mass is 263 g/mol. The largest absolute Gasteiger partial charge is 0.325 e. The van der Waals surface area contributed by atoms with Gasteiger partial charge in [0.1, 0.15) is 0 Å². The molecule has 1 unspecified atom stereocenters. The van der Waals surface area contributed by atoms with Gasteiger partial charge in [-0.15, -0.1) is 0 Å². The smallest absolute Gasteiger partial charge is 0.0203 e. The molecule has 0 aliphatic heterocycles. The van der Waals surface area contributed by atoms with E-state index in [-0.39, 0.29) is 6.04 Å². The van der Waals surface area contributed by atoms with E-state index in [2.05, 4.69) is 67.6 Å². The van der Waals surface area contributed by atoms with Crippen LogP contribution in [0.15, 0.2) is 72.8 Å². The lowest BCUT2D eigenvalue weighted by atomic mass is 9.98. The Kier molecular flexibility index (Phi) is 4.91. The number of rotatable bonds is 4. The van der Waals surface area contributed by atoms with E-state index >= 15 is 0 Å². The lowest BCUT2D eigenvalue weighted by Gasteiger charge is -2.08. The van der Waals surface area contributed by atoms with E-state index in [9.17, 15) is 0 Å². The molecule has 0 bridgehead atoms.